The molecule has 2 N–H and O–H groups in total. The summed E-state index contributed by atoms with van der Waals surface area (Å²) in [4.78, 5) is 39.5. The fourth-order valence-corrected chi connectivity index (χ4v) is 4.44. The number of nitrogens with zero attached hydrogens (tertiary/aromatic N) is 1. The number of imide groups is 1. The van der Waals surface area contributed by atoms with Crippen molar-refractivity contribution in [1.29, 1.82) is 0 Å². The van der Waals surface area contributed by atoms with Gasteiger partial charge < -0.3 is 10.1 Å². The Morgan fingerprint density at radius 1 is 0.943 bits per heavy atom. The van der Waals surface area contributed by atoms with Crippen molar-refractivity contribution in [1.82, 2.24) is 10.2 Å². The quantitative estimate of drug-likeness (QED) is 0.466. The minimum Gasteiger partial charge on any atom is -0.496 e. The molecule has 1 aliphatic heterocycles. The summed E-state index contributed by atoms with van der Waals surface area (Å²) in [6.45, 7) is 0.0566. The largest absolute Gasteiger partial charge is 0.496 e. The number of hydrogen-bond donors (Lipinski definition) is 2. The van der Waals surface area contributed by atoms with Crippen LogP contribution in [0.3, 0.4) is 0 Å². The molecule has 3 aromatic rings. The average molecular weight is 494 g/mol. The first-order chi connectivity index (χ1) is 16.7. The molecule has 0 saturated heterocycles. The highest BCUT2D eigenvalue weighted by Gasteiger charge is 2.35. The van der Waals surface area contributed by atoms with Gasteiger partial charge in [-0.25, -0.2) is 8.42 Å². The highest BCUT2D eigenvalue weighted by Crippen LogP contribution is 2.26. The molecule has 0 saturated carbocycles. The summed E-state index contributed by atoms with van der Waals surface area (Å²) in [6, 6.07) is 18.2. The van der Waals surface area contributed by atoms with Crippen LogP contribution in [-0.2, 0) is 23.1 Å². The number of fused-ring (bicyclic) bond motifs is 1. The molecule has 1 heterocycles. The fraction of sp³-hybridized carbons (Fsp3) is 0.160. The summed E-state index contributed by atoms with van der Waals surface area (Å²) in [6.07, 6.45) is 1.05. The van der Waals surface area contributed by atoms with Crippen molar-refractivity contribution in [3.63, 3.8) is 0 Å². The number of ether oxygens (including phenoxy) is 1. The Morgan fingerprint density at radius 2 is 1.57 bits per heavy atom. The maximum Gasteiger partial charge on any atom is 0.261 e. The number of methoxy groups -OCH3 is 1. The van der Waals surface area contributed by atoms with Crippen LogP contribution in [0.4, 0.5) is 5.69 Å². The summed E-state index contributed by atoms with van der Waals surface area (Å²) >= 11 is 0. The van der Waals surface area contributed by atoms with Crippen LogP contribution in [-0.4, -0.2) is 44.4 Å². The predicted octanol–water partition coefficient (Wildman–Crippen LogP) is 2.79. The van der Waals surface area contributed by atoms with Gasteiger partial charge in [0.25, 0.3) is 17.7 Å². The van der Waals surface area contributed by atoms with Crippen molar-refractivity contribution >= 4 is 33.4 Å². The summed E-state index contributed by atoms with van der Waals surface area (Å²) in [5.41, 5.74) is 2.43. The Labute approximate surface area is 202 Å². The van der Waals surface area contributed by atoms with E-state index in [1.165, 1.54) is 7.11 Å². The number of hydrogen-bond acceptors (Lipinski definition) is 6. The molecule has 4 rings (SSSR count). The van der Waals surface area contributed by atoms with Gasteiger partial charge in [0, 0.05) is 6.54 Å². The minimum atomic E-state index is -3.49. The molecule has 0 radical (unpaired) electrons. The van der Waals surface area contributed by atoms with Gasteiger partial charge in [-0.2, -0.15) is 0 Å². The molecule has 9 nitrogen and oxygen atoms in total. The highest BCUT2D eigenvalue weighted by molar-refractivity contribution is 7.92. The van der Waals surface area contributed by atoms with Gasteiger partial charge in [-0.3, -0.25) is 24.0 Å². The monoisotopic (exact) mass is 493 g/mol. The van der Waals surface area contributed by atoms with Crippen LogP contribution in [0.25, 0.3) is 0 Å². The third-order valence-electron chi connectivity index (χ3n) is 5.48. The lowest BCUT2D eigenvalue weighted by atomic mass is 10.1. The Bertz CT molecular complexity index is 1400. The molecule has 35 heavy (non-hydrogen) atoms. The molecule has 0 bridgehead atoms. The van der Waals surface area contributed by atoms with Crippen molar-refractivity contribution < 1.29 is 27.5 Å². The van der Waals surface area contributed by atoms with Crippen molar-refractivity contribution in [3.05, 3.63) is 94.5 Å². The maximum absolute atomic E-state index is 13.0. The number of benzene rings is 3. The number of carbonyl (C=O) groups excluding carboxylic acids is 3. The number of rotatable bonds is 8. The van der Waals surface area contributed by atoms with E-state index in [9.17, 15) is 22.8 Å². The zero-order valence-electron chi connectivity index (χ0n) is 19.1. The Morgan fingerprint density at radius 3 is 2.20 bits per heavy atom. The van der Waals surface area contributed by atoms with E-state index in [1.54, 1.807) is 66.7 Å². The van der Waals surface area contributed by atoms with Crippen LogP contribution >= 0.6 is 0 Å². The number of sulfonamides is 1. The molecule has 3 aromatic carbocycles. The van der Waals surface area contributed by atoms with Crippen LogP contribution in [0, 0.1) is 0 Å². The SMILES string of the molecule is COc1ccc(CN2C(=O)c3ccccc3C2=O)cc1C(=O)NCc1ccccc1NS(C)(=O)=O. The molecule has 1 aliphatic rings. The molecular formula is C25H23N3O6S. The van der Waals surface area contributed by atoms with Crippen molar-refractivity contribution in [2.75, 3.05) is 18.1 Å². The van der Waals surface area contributed by atoms with Crippen LogP contribution in [0.15, 0.2) is 66.7 Å². The normalized spacial score (nSPS) is 12.9. The lowest BCUT2D eigenvalue weighted by Gasteiger charge is -2.16. The second kappa shape index (κ2) is 9.59. The van der Waals surface area contributed by atoms with Crippen LogP contribution in [0.1, 0.15) is 42.2 Å². The molecule has 3 amide bonds. The van der Waals surface area contributed by atoms with E-state index in [1.807, 2.05) is 0 Å². The van der Waals surface area contributed by atoms with E-state index in [-0.39, 0.29) is 30.5 Å². The van der Waals surface area contributed by atoms with Gasteiger partial charge >= 0.3 is 0 Å². The van der Waals surface area contributed by atoms with Gasteiger partial charge in [-0.15, -0.1) is 0 Å². The highest BCUT2D eigenvalue weighted by atomic mass is 32.2. The second-order valence-electron chi connectivity index (χ2n) is 7.99. The standard InChI is InChI=1S/C25H23N3O6S/c1-34-22-12-11-16(15-28-24(30)18-8-4-5-9-19(18)25(28)31)13-20(22)23(29)26-14-17-7-3-6-10-21(17)27-35(2,32)33/h3-13,27H,14-15H2,1-2H3,(H,26,29). The second-order valence-corrected chi connectivity index (χ2v) is 9.74. The molecular weight excluding hydrogens is 470 g/mol. The van der Waals surface area contributed by atoms with E-state index < -0.39 is 15.9 Å². The third-order valence-corrected chi connectivity index (χ3v) is 6.07. The lowest BCUT2D eigenvalue weighted by molar-refractivity contribution is 0.0642. The van der Waals surface area contributed by atoms with Gasteiger partial charge in [-0.05, 0) is 41.5 Å². The number of carbonyl (C=O) groups is 3. The first-order valence-electron chi connectivity index (χ1n) is 10.6. The van der Waals surface area contributed by atoms with E-state index in [0.29, 0.717) is 33.7 Å². The van der Waals surface area contributed by atoms with Gasteiger partial charge in [0.05, 0.1) is 42.3 Å². The topological polar surface area (TPSA) is 122 Å². The number of nitrogens with one attached hydrogen (secondary N) is 2. The van der Waals surface area contributed by atoms with Gasteiger partial charge in [0.1, 0.15) is 5.75 Å². The van der Waals surface area contributed by atoms with Crippen LogP contribution in [0.2, 0.25) is 0 Å². The first kappa shape index (κ1) is 24.0. The molecule has 0 aromatic heterocycles. The van der Waals surface area contributed by atoms with Crippen molar-refractivity contribution in [3.8, 4) is 5.75 Å². The molecule has 0 aliphatic carbocycles. The smallest absolute Gasteiger partial charge is 0.261 e. The zero-order valence-corrected chi connectivity index (χ0v) is 19.9. The number of para-hydroxylation sites is 1. The zero-order chi connectivity index (χ0) is 25.2. The summed E-state index contributed by atoms with van der Waals surface area (Å²) < 4.78 is 31.0. The third kappa shape index (κ3) is 5.17. The van der Waals surface area contributed by atoms with E-state index in [4.69, 9.17) is 4.74 Å². The molecule has 0 atom stereocenters. The van der Waals surface area contributed by atoms with E-state index >= 15 is 0 Å². The van der Waals surface area contributed by atoms with Gasteiger partial charge in [0.2, 0.25) is 10.0 Å². The Balaban J connectivity index is 1.53. The molecule has 180 valence electrons. The van der Waals surface area contributed by atoms with Crippen molar-refractivity contribution in [2.45, 2.75) is 13.1 Å². The van der Waals surface area contributed by atoms with Crippen LogP contribution < -0.4 is 14.8 Å². The molecule has 10 heteroatoms. The minimum absolute atomic E-state index is 0.00225. The molecule has 0 spiro atoms. The van der Waals surface area contributed by atoms with Gasteiger partial charge in [-0.1, -0.05) is 36.4 Å². The molecule has 0 fully saturated rings. The number of anilines is 1. The van der Waals surface area contributed by atoms with Crippen LogP contribution in [0.5, 0.6) is 5.75 Å². The summed E-state index contributed by atoms with van der Waals surface area (Å²) in [5.74, 6) is -0.916. The summed E-state index contributed by atoms with van der Waals surface area (Å²) in [5, 5.41) is 2.77. The first-order valence-corrected chi connectivity index (χ1v) is 12.5. The number of amides is 3. The molecule has 0 unspecified atom stereocenters. The predicted molar refractivity (Wildman–Crippen MR) is 130 cm³/mol. The van der Waals surface area contributed by atoms with Crippen molar-refractivity contribution in [2.24, 2.45) is 0 Å². The van der Waals surface area contributed by atoms with E-state index in [0.717, 1.165) is 11.2 Å². The Hall–Kier alpha value is -4.18. The maximum atomic E-state index is 13.0. The van der Waals surface area contributed by atoms with Gasteiger partial charge in [0.15, 0.2) is 0 Å². The van der Waals surface area contributed by atoms with E-state index in [2.05, 4.69) is 10.0 Å². The lowest BCUT2D eigenvalue weighted by Crippen LogP contribution is -2.29. The summed E-state index contributed by atoms with van der Waals surface area (Å²) in [7, 11) is -2.06. The average Bonchev–Trinajstić information content (AvgIpc) is 3.07. The fourth-order valence-electron chi connectivity index (χ4n) is 3.84. The Kier molecular flexibility index (Phi) is 6.57.